The molecule has 0 saturated heterocycles. The summed E-state index contributed by atoms with van der Waals surface area (Å²) < 4.78 is 0. The largest absolute Gasteiger partial charge is 0.480 e. The predicted octanol–water partition coefficient (Wildman–Crippen LogP) is 1.40. The van der Waals surface area contributed by atoms with Crippen LogP contribution in [-0.4, -0.2) is 29.6 Å². The normalized spacial score (nSPS) is 18.7. The van der Waals surface area contributed by atoms with E-state index in [4.69, 9.17) is 5.73 Å². The summed E-state index contributed by atoms with van der Waals surface area (Å²) in [6.07, 6.45) is 1.82. The quantitative estimate of drug-likeness (QED) is 0.851. The van der Waals surface area contributed by atoms with E-state index in [0.29, 0.717) is 19.4 Å². The number of benzene rings is 1. The Labute approximate surface area is 118 Å². The molecule has 1 aromatic rings. The monoisotopic (exact) mass is 276 g/mol. The third-order valence-corrected chi connectivity index (χ3v) is 3.76. The fraction of sp³-hybridized carbons (Fsp3) is 0.467. The first-order valence-electron chi connectivity index (χ1n) is 6.90. The molecule has 108 valence electrons. The van der Waals surface area contributed by atoms with Gasteiger partial charge >= 0.3 is 5.97 Å². The van der Waals surface area contributed by atoms with Crippen LogP contribution in [0.25, 0.3) is 0 Å². The van der Waals surface area contributed by atoms with E-state index in [1.54, 1.807) is 0 Å². The molecule has 0 fully saturated rings. The number of carboxylic acid groups (broad SMARTS) is 1. The summed E-state index contributed by atoms with van der Waals surface area (Å²) in [4.78, 5) is 25.4. The number of hydrogen-bond donors (Lipinski definition) is 2. The molecule has 1 aliphatic heterocycles. The summed E-state index contributed by atoms with van der Waals surface area (Å²) in [7, 11) is 0. The molecule has 0 radical (unpaired) electrons. The van der Waals surface area contributed by atoms with Gasteiger partial charge in [0.05, 0.1) is 0 Å². The third-order valence-electron chi connectivity index (χ3n) is 3.76. The highest BCUT2D eigenvalue weighted by atomic mass is 16.4. The van der Waals surface area contributed by atoms with Gasteiger partial charge in [-0.05, 0) is 31.0 Å². The molecule has 1 amide bonds. The van der Waals surface area contributed by atoms with Gasteiger partial charge in [0.25, 0.3) is 0 Å². The molecule has 0 bridgehead atoms. The fourth-order valence-electron chi connectivity index (χ4n) is 2.64. The van der Waals surface area contributed by atoms with Crippen molar-refractivity contribution >= 4 is 17.6 Å². The number of carbonyl (C=O) groups excluding carboxylic acids is 1. The maximum atomic E-state index is 12.6. The van der Waals surface area contributed by atoms with Crippen LogP contribution in [0, 0.1) is 5.92 Å². The van der Waals surface area contributed by atoms with E-state index in [0.717, 1.165) is 17.7 Å². The van der Waals surface area contributed by atoms with E-state index < -0.39 is 12.0 Å². The molecular formula is C15H20N2O3. The highest BCUT2D eigenvalue weighted by molar-refractivity contribution is 6.02. The molecule has 3 N–H and O–H groups in total. The Kier molecular flexibility index (Phi) is 4.39. The number of anilines is 1. The van der Waals surface area contributed by atoms with Crippen molar-refractivity contribution < 1.29 is 14.7 Å². The SMILES string of the molecule is CC(CCCN)C(=O)N1c2ccccc2C[C@H]1C(=O)O. The molecule has 0 aromatic heterocycles. The van der Waals surface area contributed by atoms with Crippen molar-refractivity contribution in [1.82, 2.24) is 0 Å². The zero-order valence-corrected chi connectivity index (χ0v) is 11.6. The van der Waals surface area contributed by atoms with E-state index in [2.05, 4.69) is 0 Å². The van der Waals surface area contributed by atoms with E-state index >= 15 is 0 Å². The van der Waals surface area contributed by atoms with E-state index in [1.165, 1.54) is 4.90 Å². The first-order valence-corrected chi connectivity index (χ1v) is 6.90. The summed E-state index contributed by atoms with van der Waals surface area (Å²) in [6.45, 7) is 2.37. The second kappa shape index (κ2) is 6.05. The number of carboxylic acids is 1. The summed E-state index contributed by atoms with van der Waals surface area (Å²) in [6, 6.07) is 6.59. The zero-order valence-electron chi connectivity index (χ0n) is 11.6. The Bertz CT molecular complexity index is 516. The number of para-hydroxylation sites is 1. The topological polar surface area (TPSA) is 83.6 Å². The maximum Gasteiger partial charge on any atom is 0.327 e. The van der Waals surface area contributed by atoms with Gasteiger partial charge in [0.2, 0.25) is 5.91 Å². The minimum atomic E-state index is -0.958. The highest BCUT2D eigenvalue weighted by Gasteiger charge is 2.39. The van der Waals surface area contributed by atoms with Crippen molar-refractivity contribution in [2.24, 2.45) is 11.7 Å². The molecule has 1 unspecified atom stereocenters. The van der Waals surface area contributed by atoms with Gasteiger partial charge in [-0.15, -0.1) is 0 Å². The third kappa shape index (κ3) is 2.67. The van der Waals surface area contributed by atoms with E-state index in [-0.39, 0.29) is 11.8 Å². The Morgan fingerprint density at radius 1 is 1.45 bits per heavy atom. The Morgan fingerprint density at radius 2 is 2.15 bits per heavy atom. The average molecular weight is 276 g/mol. The minimum Gasteiger partial charge on any atom is -0.480 e. The molecule has 20 heavy (non-hydrogen) atoms. The smallest absolute Gasteiger partial charge is 0.327 e. The van der Waals surface area contributed by atoms with Gasteiger partial charge < -0.3 is 10.8 Å². The summed E-state index contributed by atoms with van der Waals surface area (Å²) in [5.74, 6) is -1.30. The van der Waals surface area contributed by atoms with Crippen molar-refractivity contribution in [1.29, 1.82) is 0 Å². The van der Waals surface area contributed by atoms with Crippen LogP contribution in [0.15, 0.2) is 24.3 Å². The molecule has 1 aliphatic rings. The van der Waals surface area contributed by atoms with Crippen molar-refractivity contribution in [3.05, 3.63) is 29.8 Å². The number of hydrogen-bond acceptors (Lipinski definition) is 3. The van der Waals surface area contributed by atoms with Crippen LogP contribution in [0.3, 0.4) is 0 Å². The Morgan fingerprint density at radius 3 is 2.80 bits per heavy atom. The summed E-state index contributed by atoms with van der Waals surface area (Å²) in [5, 5.41) is 9.35. The number of nitrogens with zero attached hydrogens (tertiary/aromatic N) is 1. The second-order valence-electron chi connectivity index (χ2n) is 5.23. The average Bonchev–Trinajstić information content (AvgIpc) is 2.83. The predicted molar refractivity (Wildman–Crippen MR) is 76.5 cm³/mol. The lowest BCUT2D eigenvalue weighted by Crippen LogP contribution is -2.45. The first kappa shape index (κ1) is 14.5. The molecular weight excluding hydrogens is 256 g/mol. The van der Waals surface area contributed by atoms with Crippen LogP contribution in [0.5, 0.6) is 0 Å². The molecule has 5 nitrogen and oxygen atoms in total. The molecule has 0 saturated carbocycles. The van der Waals surface area contributed by atoms with Crippen molar-refractivity contribution in [2.75, 3.05) is 11.4 Å². The zero-order chi connectivity index (χ0) is 14.7. The van der Waals surface area contributed by atoms with Gasteiger partial charge in [-0.1, -0.05) is 25.1 Å². The van der Waals surface area contributed by atoms with Gasteiger partial charge in [-0.3, -0.25) is 9.69 Å². The molecule has 5 heteroatoms. The molecule has 1 heterocycles. The van der Waals surface area contributed by atoms with Crippen LogP contribution in [0.4, 0.5) is 5.69 Å². The van der Waals surface area contributed by atoms with Crippen LogP contribution in [0.2, 0.25) is 0 Å². The standard InChI is InChI=1S/C15H20N2O3/c1-10(5-4-8-16)14(18)17-12-7-3-2-6-11(12)9-13(17)15(19)20/h2-3,6-7,10,13H,4-5,8-9,16H2,1H3,(H,19,20)/t10?,13-/m0/s1. The molecule has 0 spiro atoms. The second-order valence-corrected chi connectivity index (χ2v) is 5.23. The van der Waals surface area contributed by atoms with Gasteiger partial charge in [0, 0.05) is 18.0 Å². The fourth-order valence-corrected chi connectivity index (χ4v) is 2.64. The minimum absolute atomic E-state index is 0.129. The van der Waals surface area contributed by atoms with Crippen LogP contribution >= 0.6 is 0 Å². The van der Waals surface area contributed by atoms with Gasteiger partial charge in [-0.25, -0.2) is 4.79 Å². The summed E-state index contributed by atoms with van der Waals surface area (Å²) in [5.41, 5.74) is 7.11. The van der Waals surface area contributed by atoms with Crippen molar-refractivity contribution in [3.8, 4) is 0 Å². The van der Waals surface area contributed by atoms with Crippen molar-refractivity contribution in [2.45, 2.75) is 32.2 Å². The number of aliphatic carboxylic acids is 1. The van der Waals surface area contributed by atoms with Gasteiger partial charge in [0.15, 0.2) is 0 Å². The summed E-state index contributed by atoms with van der Waals surface area (Å²) >= 11 is 0. The number of nitrogens with two attached hydrogens (primary N) is 1. The lowest BCUT2D eigenvalue weighted by Gasteiger charge is -2.25. The highest BCUT2D eigenvalue weighted by Crippen LogP contribution is 2.33. The van der Waals surface area contributed by atoms with Gasteiger partial charge in [-0.2, -0.15) is 0 Å². The van der Waals surface area contributed by atoms with E-state index in [9.17, 15) is 14.7 Å². The molecule has 2 rings (SSSR count). The van der Waals surface area contributed by atoms with Gasteiger partial charge in [0.1, 0.15) is 6.04 Å². The lowest BCUT2D eigenvalue weighted by molar-refractivity contribution is -0.140. The molecule has 1 aromatic carbocycles. The number of carbonyl (C=O) groups is 2. The lowest BCUT2D eigenvalue weighted by atomic mass is 10.0. The number of fused-ring (bicyclic) bond motifs is 1. The first-order chi connectivity index (χ1) is 9.56. The Hall–Kier alpha value is -1.88. The van der Waals surface area contributed by atoms with Crippen molar-refractivity contribution in [3.63, 3.8) is 0 Å². The number of amides is 1. The maximum absolute atomic E-state index is 12.6. The van der Waals surface area contributed by atoms with Crippen LogP contribution in [-0.2, 0) is 16.0 Å². The molecule has 2 atom stereocenters. The van der Waals surface area contributed by atoms with E-state index in [1.807, 2.05) is 31.2 Å². The van der Waals surface area contributed by atoms with Crippen LogP contribution < -0.4 is 10.6 Å². The Balaban J connectivity index is 2.26. The number of rotatable bonds is 5. The van der Waals surface area contributed by atoms with Crippen LogP contribution in [0.1, 0.15) is 25.3 Å². The molecule has 0 aliphatic carbocycles.